The number of urea groups is 1. The fourth-order valence-corrected chi connectivity index (χ4v) is 3.05. The second-order valence-corrected chi connectivity index (χ2v) is 7.24. The highest BCUT2D eigenvalue weighted by Crippen LogP contribution is 2.11. The van der Waals surface area contributed by atoms with Crippen LogP contribution in [0.2, 0.25) is 0 Å². The number of carbonyl (C=O) groups excluding carboxylic acids is 2. The van der Waals surface area contributed by atoms with Crippen molar-refractivity contribution in [2.24, 2.45) is 0 Å². The Labute approximate surface area is 181 Å². The van der Waals surface area contributed by atoms with E-state index in [0.717, 1.165) is 11.1 Å². The summed E-state index contributed by atoms with van der Waals surface area (Å²) >= 11 is 0. The Balaban J connectivity index is 1.40. The quantitative estimate of drug-likeness (QED) is 0.590. The smallest absolute Gasteiger partial charge is 0.317 e. The van der Waals surface area contributed by atoms with Crippen LogP contribution in [0.1, 0.15) is 17.5 Å². The number of rotatable bonds is 8. The van der Waals surface area contributed by atoms with Gasteiger partial charge in [-0.2, -0.15) is 0 Å². The highest BCUT2D eigenvalue weighted by Gasteiger charge is 2.10. The first-order chi connectivity index (χ1) is 15.0. The van der Waals surface area contributed by atoms with Gasteiger partial charge in [-0.25, -0.2) is 4.79 Å². The van der Waals surface area contributed by atoms with E-state index in [0.29, 0.717) is 18.8 Å². The van der Waals surface area contributed by atoms with E-state index in [-0.39, 0.29) is 30.5 Å². The van der Waals surface area contributed by atoms with E-state index >= 15 is 0 Å². The summed E-state index contributed by atoms with van der Waals surface area (Å²) < 4.78 is 1.62. The highest BCUT2D eigenvalue weighted by molar-refractivity contribution is 5.91. The second-order valence-electron chi connectivity index (χ2n) is 7.24. The molecule has 2 aromatic carbocycles. The minimum absolute atomic E-state index is 0.0589. The lowest BCUT2D eigenvalue weighted by atomic mass is 10.2. The third-order valence-corrected chi connectivity index (χ3v) is 4.73. The Morgan fingerprint density at radius 3 is 2.32 bits per heavy atom. The van der Waals surface area contributed by atoms with Gasteiger partial charge in [0.25, 0.3) is 5.56 Å². The Hall–Kier alpha value is -3.87. The van der Waals surface area contributed by atoms with Crippen LogP contribution in [0.3, 0.4) is 0 Å². The molecule has 160 valence electrons. The molecule has 3 aromatic rings. The first-order valence-electron chi connectivity index (χ1n) is 10.1. The van der Waals surface area contributed by atoms with Gasteiger partial charge in [0.1, 0.15) is 0 Å². The second kappa shape index (κ2) is 10.8. The molecule has 0 radical (unpaired) electrons. The van der Waals surface area contributed by atoms with Gasteiger partial charge in [-0.15, -0.1) is 0 Å². The molecule has 0 saturated heterocycles. The SMILES string of the molecule is CN(Cc1ccccc1)C(=O)NCCC(=O)Nc1ccc(Cn2ccccc2=O)cc1. The average molecular weight is 418 g/mol. The van der Waals surface area contributed by atoms with Gasteiger partial charge in [-0.1, -0.05) is 48.5 Å². The maximum Gasteiger partial charge on any atom is 0.317 e. The van der Waals surface area contributed by atoms with E-state index in [1.165, 1.54) is 6.07 Å². The average Bonchev–Trinajstić information content (AvgIpc) is 2.77. The topological polar surface area (TPSA) is 83.4 Å². The minimum atomic E-state index is -0.225. The standard InChI is InChI=1S/C24H26N4O3/c1-27(17-19-7-3-2-4-8-19)24(31)25-15-14-22(29)26-21-12-10-20(11-13-21)18-28-16-6-5-9-23(28)30/h2-13,16H,14-15,17-18H2,1H3,(H,25,31)(H,26,29). The van der Waals surface area contributed by atoms with Crippen molar-refractivity contribution in [3.63, 3.8) is 0 Å². The Morgan fingerprint density at radius 2 is 1.61 bits per heavy atom. The maximum absolute atomic E-state index is 12.2. The van der Waals surface area contributed by atoms with Gasteiger partial charge in [0.2, 0.25) is 5.91 Å². The van der Waals surface area contributed by atoms with E-state index in [9.17, 15) is 14.4 Å². The first kappa shape index (κ1) is 21.8. The zero-order chi connectivity index (χ0) is 22.1. The molecule has 7 nitrogen and oxygen atoms in total. The van der Waals surface area contributed by atoms with Crippen LogP contribution in [-0.4, -0.2) is 35.0 Å². The molecule has 0 bridgehead atoms. The summed E-state index contributed by atoms with van der Waals surface area (Å²) in [5.74, 6) is -0.182. The summed E-state index contributed by atoms with van der Waals surface area (Å²) in [5, 5.41) is 5.57. The lowest BCUT2D eigenvalue weighted by Crippen LogP contribution is -2.38. The molecule has 1 heterocycles. The molecule has 0 unspecified atom stereocenters. The fourth-order valence-electron chi connectivity index (χ4n) is 3.05. The molecule has 2 N–H and O–H groups in total. The largest absolute Gasteiger partial charge is 0.337 e. The molecule has 31 heavy (non-hydrogen) atoms. The molecule has 1 aromatic heterocycles. The van der Waals surface area contributed by atoms with Crippen molar-refractivity contribution in [1.29, 1.82) is 0 Å². The van der Waals surface area contributed by atoms with Gasteiger partial charge in [0.15, 0.2) is 0 Å². The molecule has 7 heteroatoms. The maximum atomic E-state index is 12.2. The summed E-state index contributed by atoms with van der Waals surface area (Å²) in [5.41, 5.74) is 2.61. The van der Waals surface area contributed by atoms with E-state index in [2.05, 4.69) is 10.6 Å². The monoisotopic (exact) mass is 418 g/mol. The van der Waals surface area contributed by atoms with Crippen LogP contribution in [0.5, 0.6) is 0 Å². The molecule has 0 saturated carbocycles. The number of benzene rings is 2. The summed E-state index contributed by atoms with van der Waals surface area (Å²) in [6.07, 6.45) is 1.91. The van der Waals surface area contributed by atoms with Crippen LogP contribution < -0.4 is 16.2 Å². The zero-order valence-corrected chi connectivity index (χ0v) is 17.5. The highest BCUT2D eigenvalue weighted by atomic mass is 16.2. The van der Waals surface area contributed by atoms with Crippen LogP contribution in [-0.2, 0) is 17.9 Å². The molecule has 3 rings (SSSR count). The number of hydrogen-bond donors (Lipinski definition) is 2. The van der Waals surface area contributed by atoms with E-state index in [4.69, 9.17) is 0 Å². The van der Waals surface area contributed by atoms with Crippen molar-refractivity contribution in [2.45, 2.75) is 19.5 Å². The summed E-state index contributed by atoms with van der Waals surface area (Å²) in [4.78, 5) is 37.7. The Bertz CT molecular complexity index is 1060. The van der Waals surface area contributed by atoms with Gasteiger partial charge in [0.05, 0.1) is 6.54 Å². The van der Waals surface area contributed by atoms with Gasteiger partial charge < -0.3 is 20.1 Å². The molecule has 0 aliphatic heterocycles. The number of carbonyl (C=O) groups is 2. The van der Waals surface area contributed by atoms with E-state index in [1.54, 1.807) is 40.9 Å². The van der Waals surface area contributed by atoms with Gasteiger partial charge >= 0.3 is 6.03 Å². The van der Waals surface area contributed by atoms with Crippen molar-refractivity contribution < 1.29 is 9.59 Å². The molecule has 3 amide bonds. The molecular weight excluding hydrogens is 392 g/mol. The Kier molecular flexibility index (Phi) is 7.59. The molecule has 0 fully saturated rings. The van der Waals surface area contributed by atoms with Gasteiger partial charge in [-0.05, 0) is 29.3 Å². The number of nitrogens with one attached hydrogen (secondary N) is 2. The number of aromatic nitrogens is 1. The lowest BCUT2D eigenvalue weighted by Gasteiger charge is -2.18. The zero-order valence-electron chi connectivity index (χ0n) is 17.5. The predicted molar refractivity (Wildman–Crippen MR) is 121 cm³/mol. The van der Waals surface area contributed by atoms with Crippen LogP contribution in [0, 0.1) is 0 Å². The van der Waals surface area contributed by atoms with Crippen molar-refractivity contribution >= 4 is 17.6 Å². The predicted octanol–water partition coefficient (Wildman–Crippen LogP) is 3.07. The molecule has 0 aliphatic rings. The molecule has 0 spiro atoms. The van der Waals surface area contributed by atoms with Crippen LogP contribution >= 0.6 is 0 Å². The minimum Gasteiger partial charge on any atom is -0.337 e. The van der Waals surface area contributed by atoms with Crippen molar-refractivity contribution in [2.75, 3.05) is 18.9 Å². The molecule has 0 atom stereocenters. The number of nitrogens with zero attached hydrogens (tertiary/aromatic N) is 2. The van der Waals surface area contributed by atoms with E-state index < -0.39 is 0 Å². The third kappa shape index (κ3) is 6.85. The third-order valence-electron chi connectivity index (χ3n) is 4.73. The summed E-state index contributed by atoms with van der Waals surface area (Å²) in [6, 6.07) is 21.9. The summed E-state index contributed by atoms with van der Waals surface area (Å²) in [7, 11) is 1.72. The molecular formula is C24H26N4O3. The first-order valence-corrected chi connectivity index (χ1v) is 10.1. The number of hydrogen-bond acceptors (Lipinski definition) is 3. The van der Waals surface area contributed by atoms with Crippen molar-refractivity contribution in [1.82, 2.24) is 14.8 Å². The number of anilines is 1. The van der Waals surface area contributed by atoms with Crippen LogP contribution in [0.25, 0.3) is 0 Å². The Morgan fingerprint density at radius 1 is 0.903 bits per heavy atom. The van der Waals surface area contributed by atoms with Crippen molar-refractivity contribution in [3.8, 4) is 0 Å². The number of pyridine rings is 1. The van der Waals surface area contributed by atoms with Crippen LogP contribution in [0.4, 0.5) is 10.5 Å². The van der Waals surface area contributed by atoms with E-state index in [1.807, 2.05) is 48.5 Å². The fraction of sp³-hybridized carbons (Fsp3) is 0.208. The van der Waals surface area contributed by atoms with Crippen molar-refractivity contribution in [3.05, 3.63) is 100 Å². The lowest BCUT2D eigenvalue weighted by molar-refractivity contribution is -0.116. The van der Waals surface area contributed by atoms with Gasteiger partial charge in [0, 0.05) is 44.5 Å². The summed E-state index contributed by atoms with van der Waals surface area (Å²) in [6.45, 7) is 1.22. The number of amides is 3. The molecule has 0 aliphatic carbocycles. The van der Waals surface area contributed by atoms with Gasteiger partial charge in [-0.3, -0.25) is 9.59 Å². The normalized spacial score (nSPS) is 10.4. The van der Waals surface area contributed by atoms with Crippen LogP contribution in [0.15, 0.2) is 83.8 Å².